The van der Waals surface area contributed by atoms with Crippen molar-refractivity contribution in [3.8, 4) is 5.75 Å². The van der Waals surface area contributed by atoms with Crippen molar-refractivity contribution in [3.05, 3.63) is 89.5 Å². The molecule has 0 unspecified atom stereocenters. The van der Waals surface area contributed by atoms with Gasteiger partial charge < -0.3 is 10.1 Å². The van der Waals surface area contributed by atoms with E-state index in [4.69, 9.17) is 11.6 Å². The smallest absolute Gasteiger partial charge is 0.420 e. The van der Waals surface area contributed by atoms with Gasteiger partial charge in [-0.1, -0.05) is 59.8 Å². The third-order valence-corrected chi connectivity index (χ3v) is 6.97. The molecule has 0 bridgehead atoms. The van der Waals surface area contributed by atoms with Crippen LogP contribution in [0.3, 0.4) is 0 Å². The summed E-state index contributed by atoms with van der Waals surface area (Å²) >= 11 is 6.01. The fraction of sp³-hybridized carbons (Fsp3) is 0.250. The molecule has 0 aromatic heterocycles. The molecule has 1 N–H and O–H groups in total. The van der Waals surface area contributed by atoms with E-state index in [1.807, 2.05) is 56.3 Å². The van der Waals surface area contributed by atoms with Crippen molar-refractivity contribution in [2.75, 3.05) is 16.8 Å². The molecule has 1 heterocycles. The number of benzene rings is 3. The standard InChI is InChI=1S/C28H26ClF2N3O3S/c1-18-8-13-23(19(2)16-18)34-25(35)17-24(26(34)36)38-27(32-15-14-20-6-4-3-5-7-20)33-21-9-11-22(12-10-21)37-28(29,30)31/h3-13,16,24H,14-15,17H2,1-2H3,(H,32,33)/t24-/m1/s1. The van der Waals surface area contributed by atoms with E-state index in [9.17, 15) is 18.4 Å². The molecule has 0 radical (unpaired) electrons. The van der Waals surface area contributed by atoms with E-state index in [1.165, 1.54) is 40.9 Å². The van der Waals surface area contributed by atoms with Crippen molar-refractivity contribution in [1.29, 1.82) is 0 Å². The number of amidine groups is 1. The summed E-state index contributed by atoms with van der Waals surface area (Å²) in [4.78, 5) is 32.1. The number of halogens is 3. The first-order chi connectivity index (χ1) is 18.1. The van der Waals surface area contributed by atoms with Gasteiger partial charge in [-0.15, -0.1) is 8.78 Å². The summed E-state index contributed by atoms with van der Waals surface area (Å²) in [6.45, 7) is 4.26. The van der Waals surface area contributed by atoms with E-state index >= 15 is 0 Å². The predicted octanol–water partition coefficient (Wildman–Crippen LogP) is 6.55. The second-order valence-corrected chi connectivity index (χ2v) is 10.4. The van der Waals surface area contributed by atoms with Gasteiger partial charge in [0.05, 0.1) is 5.69 Å². The van der Waals surface area contributed by atoms with Gasteiger partial charge in [0, 0.05) is 30.3 Å². The largest absolute Gasteiger partial charge is 0.487 e. The molecule has 1 aliphatic rings. The predicted molar refractivity (Wildman–Crippen MR) is 148 cm³/mol. The van der Waals surface area contributed by atoms with Crippen molar-refractivity contribution >= 4 is 51.7 Å². The monoisotopic (exact) mass is 557 g/mol. The number of carbonyl (C=O) groups is 2. The summed E-state index contributed by atoms with van der Waals surface area (Å²) in [5, 5.41) is 2.92. The summed E-state index contributed by atoms with van der Waals surface area (Å²) in [6, 6.07) is 21.2. The zero-order valence-corrected chi connectivity index (χ0v) is 22.4. The van der Waals surface area contributed by atoms with Crippen LogP contribution in [0.2, 0.25) is 0 Å². The Balaban J connectivity index is 1.51. The number of hydrogen-bond donors (Lipinski definition) is 1. The highest BCUT2D eigenvalue weighted by Gasteiger charge is 2.41. The molecule has 198 valence electrons. The van der Waals surface area contributed by atoms with Crippen molar-refractivity contribution in [2.24, 2.45) is 4.99 Å². The van der Waals surface area contributed by atoms with E-state index in [2.05, 4.69) is 15.0 Å². The number of alkyl halides is 3. The molecule has 4 rings (SSSR count). The van der Waals surface area contributed by atoms with Crippen molar-refractivity contribution < 1.29 is 23.1 Å². The second kappa shape index (κ2) is 12.0. The Labute approximate surface area is 229 Å². The number of thioether (sulfide) groups is 1. The average Bonchev–Trinajstić information content (AvgIpc) is 3.12. The summed E-state index contributed by atoms with van der Waals surface area (Å²) in [7, 11) is 0. The van der Waals surface area contributed by atoms with Crippen molar-refractivity contribution in [3.63, 3.8) is 0 Å². The normalized spacial score (nSPS) is 16.2. The Morgan fingerprint density at radius 2 is 1.82 bits per heavy atom. The highest BCUT2D eigenvalue weighted by atomic mass is 35.5. The lowest BCUT2D eigenvalue weighted by molar-refractivity contribution is -0.121. The molecule has 2 amide bonds. The van der Waals surface area contributed by atoms with Crippen LogP contribution >= 0.6 is 23.4 Å². The fourth-order valence-corrected chi connectivity index (χ4v) is 5.17. The van der Waals surface area contributed by atoms with Crippen LogP contribution in [-0.2, 0) is 16.0 Å². The molecule has 1 atom stereocenters. The number of anilines is 2. The first-order valence-corrected chi connectivity index (χ1v) is 13.2. The maximum Gasteiger partial charge on any atom is 0.487 e. The summed E-state index contributed by atoms with van der Waals surface area (Å²) in [5.74, 6) is -0.685. The highest BCUT2D eigenvalue weighted by Crippen LogP contribution is 2.33. The Kier molecular flexibility index (Phi) is 8.69. The van der Waals surface area contributed by atoms with E-state index in [-0.39, 0.29) is 24.0 Å². The van der Waals surface area contributed by atoms with Crippen LogP contribution in [0.4, 0.5) is 20.2 Å². The van der Waals surface area contributed by atoms with Gasteiger partial charge in [0.15, 0.2) is 5.17 Å². The van der Waals surface area contributed by atoms with Crippen LogP contribution in [0, 0.1) is 13.8 Å². The number of aryl methyl sites for hydroxylation is 2. The Bertz CT molecular complexity index is 1330. The molecule has 1 aliphatic heterocycles. The van der Waals surface area contributed by atoms with E-state index in [0.29, 0.717) is 29.5 Å². The van der Waals surface area contributed by atoms with Crippen LogP contribution in [0.15, 0.2) is 77.8 Å². The molecule has 10 heteroatoms. The van der Waals surface area contributed by atoms with Gasteiger partial charge in [-0.25, -0.2) is 4.90 Å². The number of imide groups is 1. The first-order valence-electron chi connectivity index (χ1n) is 11.9. The lowest BCUT2D eigenvalue weighted by atomic mass is 10.1. The number of aliphatic imine (C=N–C) groups is 1. The molecule has 0 spiro atoms. The molecular formula is C28H26ClF2N3O3S. The zero-order valence-electron chi connectivity index (χ0n) is 20.8. The fourth-order valence-electron chi connectivity index (χ4n) is 4.04. The minimum atomic E-state index is -3.81. The van der Waals surface area contributed by atoms with E-state index < -0.39 is 10.8 Å². The summed E-state index contributed by atoms with van der Waals surface area (Å²) in [6.07, 6.45) is 0.712. The number of hydrogen-bond acceptors (Lipinski definition) is 5. The minimum absolute atomic E-state index is 0.0355. The number of nitrogens with zero attached hydrogens (tertiary/aromatic N) is 2. The van der Waals surface area contributed by atoms with E-state index in [0.717, 1.165) is 16.7 Å². The number of nitrogens with one attached hydrogen (secondary N) is 1. The van der Waals surface area contributed by atoms with Gasteiger partial charge in [0.1, 0.15) is 11.0 Å². The minimum Gasteiger partial charge on any atom is -0.420 e. The maximum absolute atomic E-state index is 13.3. The third kappa shape index (κ3) is 7.33. The summed E-state index contributed by atoms with van der Waals surface area (Å²) in [5.41, 5.74) is 0.306. The van der Waals surface area contributed by atoms with Crippen LogP contribution in [-0.4, -0.2) is 34.3 Å². The lowest BCUT2D eigenvalue weighted by Crippen LogP contribution is -2.32. The highest BCUT2D eigenvalue weighted by molar-refractivity contribution is 8.15. The Morgan fingerprint density at radius 3 is 2.47 bits per heavy atom. The van der Waals surface area contributed by atoms with Crippen molar-refractivity contribution in [1.82, 2.24) is 0 Å². The number of rotatable bonds is 8. The summed E-state index contributed by atoms with van der Waals surface area (Å²) < 4.78 is 30.2. The van der Waals surface area contributed by atoms with Gasteiger partial charge in [-0.3, -0.25) is 14.6 Å². The SMILES string of the molecule is Cc1ccc(N2C(=O)C[C@@H](SC(=NCCc3ccccc3)Nc3ccc(OC(F)(F)Cl)cc3)C2=O)c(C)c1. The molecule has 3 aromatic carbocycles. The van der Waals surface area contributed by atoms with Crippen LogP contribution in [0.1, 0.15) is 23.1 Å². The number of carbonyl (C=O) groups excluding carboxylic acids is 2. The van der Waals surface area contributed by atoms with Gasteiger partial charge in [0.25, 0.3) is 0 Å². The molecule has 0 aliphatic carbocycles. The first kappa shape index (κ1) is 27.6. The topological polar surface area (TPSA) is 71.0 Å². The molecule has 1 saturated heterocycles. The Morgan fingerprint density at radius 1 is 1.11 bits per heavy atom. The average molecular weight is 558 g/mol. The van der Waals surface area contributed by atoms with Gasteiger partial charge >= 0.3 is 5.57 Å². The molecular weight excluding hydrogens is 532 g/mol. The van der Waals surface area contributed by atoms with Crippen LogP contribution in [0.25, 0.3) is 0 Å². The van der Waals surface area contributed by atoms with Crippen LogP contribution in [0.5, 0.6) is 5.75 Å². The quantitative estimate of drug-likeness (QED) is 0.147. The van der Waals surface area contributed by atoms with Gasteiger partial charge in [-0.2, -0.15) is 0 Å². The zero-order chi connectivity index (χ0) is 27.3. The van der Waals surface area contributed by atoms with Gasteiger partial charge in [-0.05, 0) is 61.7 Å². The Hall–Kier alpha value is -3.43. The second-order valence-electron chi connectivity index (χ2n) is 8.79. The van der Waals surface area contributed by atoms with E-state index in [1.54, 1.807) is 6.07 Å². The van der Waals surface area contributed by atoms with Gasteiger partial charge in [0.2, 0.25) is 11.8 Å². The molecule has 6 nitrogen and oxygen atoms in total. The van der Waals surface area contributed by atoms with Crippen molar-refractivity contribution in [2.45, 2.75) is 37.5 Å². The molecule has 1 fully saturated rings. The molecule has 0 saturated carbocycles. The third-order valence-electron chi connectivity index (χ3n) is 5.79. The lowest BCUT2D eigenvalue weighted by Gasteiger charge is -2.18. The number of amides is 2. The van der Waals surface area contributed by atoms with Crippen LogP contribution < -0.4 is 15.0 Å². The molecule has 38 heavy (non-hydrogen) atoms. The molecule has 3 aromatic rings. The maximum atomic E-state index is 13.3. The number of ether oxygens (including phenoxy) is 1.